The second kappa shape index (κ2) is 4.54. The van der Waals surface area contributed by atoms with Crippen molar-refractivity contribution in [1.29, 1.82) is 0 Å². The van der Waals surface area contributed by atoms with Gasteiger partial charge in [0.25, 0.3) is 0 Å². The number of aryl methyl sites for hydroxylation is 1. The van der Waals surface area contributed by atoms with Gasteiger partial charge >= 0.3 is 0 Å². The molecule has 2 heteroatoms. The Morgan fingerprint density at radius 1 is 1.46 bits per heavy atom. The topological polar surface area (TPSA) is 32.3 Å². The number of hydrogen-bond donors (Lipinski definition) is 2. The molecule has 0 spiro atoms. The van der Waals surface area contributed by atoms with Crippen LogP contribution in [-0.2, 0) is 0 Å². The van der Waals surface area contributed by atoms with Crippen LogP contribution in [0.4, 0.5) is 0 Å². The van der Waals surface area contributed by atoms with E-state index < -0.39 is 0 Å². The van der Waals surface area contributed by atoms with E-state index >= 15 is 0 Å². The van der Waals surface area contributed by atoms with Gasteiger partial charge in [-0.1, -0.05) is 17.9 Å². The fourth-order valence-electron chi connectivity index (χ4n) is 0.978. The van der Waals surface area contributed by atoms with Crippen molar-refractivity contribution in [2.75, 3.05) is 13.6 Å². The molecule has 1 aromatic rings. The third-order valence-electron chi connectivity index (χ3n) is 1.64. The molecule has 1 rings (SSSR count). The normalized spacial score (nSPS) is 9.08. The number of phenols is 1. The monoisotopic (exact) mass is 175 g/mol. The summed E-state index contributed by atoms with van der Waals surface area (Å²) >= 11 is 0. The summed E-state index contributed by atoms with van der Waals surface area (Å²) in [6.07, 6.45) is 0. The minimum Gasteiger partial charge on any atom is -0.507 e. The van der Waals surface area contributed by atoms with Gasteiger partial charge in [0.1, 0.15) is 5.75 Å². The fourth-order valence-corrected chi connectivity index (χ4v) is 0.978. The first-order chi connectivity index (χ1) is 6.24. The van der Waals surface area contributed by atoms with E-state index in [0.717, 1.165) is 5.56 Å². The van der Waals surface area contributed by atoms with Crippen LogP contribution in [0.25, 0.3) is 0 Å². The standard InChI is InChI=1S/C11H13NO/c1-9-5-6-11(13)10(8-9)4-3-7-12-2/h5-6,8,12-13H,7H2,1-2H3. The lowest BCUT2D eigenvalue weighted by Crippen LogP contribution is -2.04. The van der Waals surface area contributed by atoms with Crippen LogP contribution in [0.1, 0.15) is 11.1 Å². The van der Waals surface area contributed by atoms with Crippen molar-refractivity contribution in [1.82, 2.24) is 5.32 Å². The molecule has 2 N–H and O–H groups in total. The van der Waals surface area contributed by atoms with E-state index in [1.807, 2.05) is 26.1 Å². The van der Waals surface area contributed by atoms with Crippen molar-refractivity contribution in [3.63, 3.8) is 0 Å². The van der Waals surface area contributed by atoms with Crippen LogP contribution in [0.5, 0.6) is 5.75 Å². The Balaban J connectivity index is 2.89. The molecule has 0 unspecified atom stereocenters. The molecule has 0 fully saturated rings. The number of nitrogens with one attached hydrogen (secondary N) is 1. The molecule has 0 saturated heterocycles. The summed E-state index contributed by atoms with van der Waals surface area (Å²) in [4.78, 5) is 0. The van der Waals surface area contributed by atoms with Crippen LogP contribution in [0.3, 0.4) is 0 Å². The maximum absolute atomic E-state index is 9.41. The average molecular weight is 175 g/mol. The van der Waals surface area contributed by atoms with Gasteiger partial charge in [0, 0.05) is 0 Å². The number of hydrogen-bond acceptors (Lipinski definition) is 2. The highest BCUT2D eigenvalue weighted by molar-refractivity contribution is 5.47. The minimum atomic E-state index is 0.245. The number of rotatable bonds is 1. The zero-order chi connectivity index (χ0) is 9.68. The van der Waals surface area contributed by atoms with Gasteiger partial charge in [-0.2, -0.15) is 0 Å². The quantitative estimate of drug-likeness (QED) is 0.630. The van der Waals surface area contributed by atoms with E-state index in [-0.39, 0.29) is 5.75 Å². The summed E-state index contributed by atoms with van der Waals surface area (Å²) in [5.41, 5.74) is 1.79. The highest BCUT2D eigenvalue weighted by Crippen LogP contribution is 2.16. The SMILES string of the molecule is CNCC#Cc1cc(C)ccc1O. The molecule has 0 aliphatic heterocycles. The molecular weight excluding hydrogens is 162 g/mol. The van der Waals surface area contributed by atoms with E-state index in [2.05, 4.69) is 17.2 Å². The van der Waals surface area contributed by atoms with Crippen LogP contribution in [0.15, 0.2) is 18.2 Å². The van der Waals surface area contributed by atoms with E-state index in [4.69, 9.17) is 0 Å². The molecule has 2 nitrogen and oxygen atoms in total. The summed E-state index contributed by atoms with van der Waals surface area (Å²) in [6.45, 7) is 2.61. The van der Waals surface area contributed by atoms with E-state index in [0.29, 0.717) is 12.1 Å². The molecule has 13 heavy (non-hydrogen) atoms. The summed E-state index contributed by atoms with van der Waals surface area (Å²) in [5, 5.41) is 12.3. The van der Waals surface area contributed by atoms with Crippen LogP contribution >= 0.6 is 0 Å². The molecule has 68 valence electrons. The van der Waals surface area contributed by atoms with Crippen molar-refractivity contribution < 1.29 is 5.11 Å². The molecule has 0 amide bonds. The largest absolute Gasteiger partial charge is 0.507 e. The van der Waals surface area contributed by atoms with Gasteiger partial charge in [0.15, 0.2) is 0 Å². The second-order valence-electron chi connectivity index (χ2n) is 2.85. The van der Waals surface area contributed by atoms with Gasteiger partial charge in [-0.3, -0.25) is 0 Å². The Labute approximate surface area is 78.6 Å². The van der Waals surface area contributed by atoms with Crippen molar-refractivity contribution in [3.8, 4) is 17.6 Å². The summed E-state index contributed by atoms with van der Waals surface area (Å²) < 4.78 is 0. The lowest BCUT2D eigenvalue weighted by molar-refractivity contribution is 0.473. The molecule has 0 radical (unpaired) electrons. The molecule has 0 aromatic heterocycles. The highest BCUT2D eigenvalue weighted by atomic mass is 16.3. The van der Waals surface area contributed by atoms with Gasteiger partial charge in [-0.05, 0) is 31.7 Å². The number of phenolic OH excluding ortho intramolecular Hbond substituents is 1. The lowest BCUT2D eigenvalue weighted by atomic mass is 10.1. The number of benzene rings is 1. The third-order valence-corrected chi connectivity index (χ3v) is 1.64. The van der Waals surface area contributed by atoms with Crippen LogP contribution in [0.2, 0.25) is 0 Å². The molecule has 0 aliphatic carbocycles. The molecule has 0 heterocycles. The Morgan fingerprint density at radius 2 is 2.23 bits per heavy atom. The summed E-state index contributed by atoms with van der Waals surface area (Å²) in [6, 6.07) is 5.40. The van der Waals surface area contributed by atoms with Crippen LogP contribution in [-0.4, -0.2) is 18.7 Å². The Kier molecular flexibility index (Phi) is 3.36. The molecule has 0 saturated carbocycles. The van der Waals surface area contributed by atoms with Gasteiger partial charge in [-0.15, -0.1) is 0 Å². The van der Waals surface area contributed by atoms with Crippen molar-refractivity contribution in [2.24, 2.45) is 0 Å². The zero-order valence-corrected chi connectivity index (χ0v) is 7.89. The van der Waals surface area contributed by atoms with Crippen LogP contribution < -0.4 is 5.32 Å². The third kappa shape index (κ3) is 2.81. The van der Waals surface area contributed by atoms with Crippen molar-refractivity contribution in [2.45, 2.75) is 6.92 Å². The molecular formula is C11H13NO. The Morgan fingerprint density at radius 3 is 2.92 bits per heavy atom. The van der Waals surface area contributed by atoms with E-state index in [9.17, 15) is 5.11 Å². The zero-order valence-electron chi connectivity index (χ0n) is 7.89. The number of aromatic hydroxyl groups is 1. The minimum absolute atomic E-state index is 0.245. The van der Waals surface area contributed by atoms with E-state index in [1.54, 1.807) is 6.07 Å². The van der Waals surface area contributed by atoms with Gasteiger partial charge in [0.2, 0.25) is 0 Å². The van der Waals surface area contributed by atoms with Crippen LogP contribution in [0, 0.1) is 18.8 Å². The summed E-state index contributed by atoms with van der Waals surface area (Å²) in [7, 11) is 1.84. The predicted molar refractivity (Wildman–Crippen MR) is 53.6 cm³/mol. The lowest BCUT2D eigenvalue weighted by Gasteiger charge is -1.97. The fraction of sp³-hybridized carbons (Fsp3) is 0.273. The highest BCUT2D eigenvalue weighted by Gasteiger charge is 1.95. The second-order valence-corrected chi connectivity index (χ2v) is 2.85. The van der Waals surface area contributed by atoms with Gasteiger partial charge < -0.3 is 10.4 Å². The van der Waals surface area contributed by atoms with Crippen molar-refractivity contribution in [3.05, 3.63) is 29.3 Å². The summed E-state index contributed by atoms with van der Waals surface area (Å²) in [5.74, 6) is 6.04. The first-order valence-corrected chi connectivity index (χ1v) is 4.17. The van der Waals surface area contributed by atoms with Gasteiger partial charge in [-0.25, -0.2) is 0 Å². The maximum atomic E-state index is 9.41. The smallest absolute Gasteiger partial charge is 0.131 e. The first kappa shape index (κ1) is 9.63. The maximum Gasteiger partial charge on any atom is 0.131 e. The molecule has 1 aromatic carbocycles. The predicted octanol–water partition coefficient (Wildman–Crippen LogP) is 1.27. The molecule has 0 atom stereocenters. The average Bonchev–Trinajstić information content (AvgIpc) is 2.11. The Hall–Kier alpha value is -1.46. The van der Waals surface area contributed by atoms with Gasteiger partial charge in [0.05, 0.1) is 12.1 Å². The first-order valence-electron chi connectivity index (χ1n) is 4.17. The molecule has 0 bridgehead atoms. The Bertz CT molecular complexity index is 347. The van der Waals surface area contributed by atoms with Crippen molar-refractivity contribution >= 4 is 0 Å². The molecule has 0 aliphatic rings. The van der Waals surface area contributed by atoms with E-state index in [1.165, 1.54) is 0 Å².